The quantitative estimate of drug-likeness (QED) is 0.339. The van der Waals surface area contributed by atoms with E-state index in [1.807, 2.05) is 18.2 Å². The summed E-state index contributed by atoms with van der Waals surface area (Å²) in [5.41, 5.74) is 8.48. The average Bonchev–Trinajstić information content (AvgIpc) is 3.26. The molecule has 0 fully saturated rings. The molecule has 4 aromatic rings. The molecule has 0 bridgehead atoms. The molecule has 1 heterocycles. The largest absolute Gasteiger partial charge is 0.493 e. The number of hydrogen-bond acceptors (Lipinski definition) is 4. The zero-order chi connectivity index (χ0) is 21.8. The van der Waals surface area contributed by atoms with E-state index in [1.54, 1.807) is 56.8 Å². The molecule has 0 saturated carbocycles. The summed E-state index contributed by atoms with van der Waals surface area (Å²) in [5, 5.41) is 1.81. The highest BCUT2D eigenvalue weighted by Crippen LogP contribution is 2.31. The van der Waals surface area contributed by atoms with Gasteiger partial charge in [-0.25, -0.2) is 14.4 Å². The number of hydrogen-bond donors (Lipinski definition) is 2. The number of aliphatic imine (C=N–C) groups is 1. The van der Waals surface area contributed by atoms with E-state index in [1.165, 1.54) is 12.1 Å². The molecule has 3 N–H and O–H groups in total. The van der Waals surface area contributed by atoms with Gasteiger partial charge in [-0.3, -0.25) is 0 Å². The van der Waals surface area contributed by atoms with E-state index in [2.05, 4.69) is 15.0 Å². The first kappa shape index (κ1) is 20.2. The van der Waals surface area contributed by atoms with E-state index in [4.69, 9.17) is 15.2 Å². The Morgan fingerprint density at radius 3 is 2.58 bits per heavy atom. The average molecular weight is 416 g/mol. The van der Waals surface area contributed by atoms with Gasteiger partial charge in [0.2, 0.25) is 0 Å². The second kappa shape index (κ2) is 8.71. The standard InChI is InChI=1S/C24H21FN4O2/c1-30-21-8-7-19(13-22(21)31-2)28-23(26)9-10-24-27-14-20(29-24)17-4-3-16-12-18(25)6-5-15(16)11-17/h3-14H,1-2H3,(H2,26,28)(H,27,29)/b10-9-. The molecule has 0 radical (unpaired) electrons. The fraction of sp³-hybridized carbons (Fsp3) is 0.0833. The van der Waals surface area contributed by atoms with Crippen molar-refractivity contribution in [3.05, 3.63) is 78.5 Å². The number of nitrogens with two attached hydrogens (primary N) is 1. The van der Waals surface area contributed by atoms with Gasteiger partial charge in [0.05, 0.1) is 31.8 Å². The molecule has 0 aliphatic rings. The number of amidine groups is 1. The van der Waals surface area contributed by atoms with Crippen LogP contribution >= 0.6 is 0 Å². The predicted octanol–water partition coefficient (Wildman–Crippen LogP) is 5.09. The number of nitrogens with one attached hydrogen (secondary N) is 1. The summed E-state index contributed by atoms with van der Waals surface area (Å²) in [6.45, 7) is 0. The predicted molar refractivity (Wildman–Crippen MR) is 121 cm³/mol. The zero-order valence-corrected chi connectivity index (χ0v) is 17.1. The van der Waals surface area contributed by atoms with Crippen LogP contribution in [0, 0.1) is 5.82 Å². The molecule has 4 rings (SSSR count). The molecule has 0 aliphatic carbocycles. The number of rotatable bonds is 6. The second-order valence-electron chi connectivity index (χ2n) is 6.80. The van der Waals surface area contributed by atoms with Gasteiger partial charge in [-0.05, 0) is 53.3 Å². The van der Waals surface area contributed by atoms with Crippen LogP contribution in [0.3, 0.4) is 0 Å². The minimum Gasteiger partial charge on any atom is -0.493 e. The zero-order valence-electron chi connectivity index (χ0n) is 17.1. The van der Waals surface area contributed by atoms with Crippen LogP contribution in [0.1, 0.15) is 5.82 Å². The molecule has 0 amide bonds. The van der Waals surface area contributed by atoms with E-state index in [-0.39, 0.29) is 5.82 Å². The van der Waals surface area contributed by atoms with Crippen molar-refractivity contribution < 1.29 is 13.9 Å². The minimum atomic E-state index is -0.249. The summed E-state index contributed by atoms with van der Waals surface area (Å²) >= 11 is 0. The molecule has 6 nitrogen and oxygen atoms in total. The first-order valence-corrected chi connectivity index (χ1v) is 9.54. The number of nitrogens with zero attached hydrogens (tertiary/aromatic N) is 2. The number of ether oxygens (including phenoxy) is 2. The summed E-state index contributed by atoms with van der Waals surface area (Å²) in [4.78, 5) is 12.0. The number of imidazole rings is 1. The fourth-order valence-electron chi connectivity index (χ4n) is 3.20. The first-order valence-electron chi connectivity index (χ1n) is 9.54. The van der Waals surface area contributed by atoms with Crippen LogP contribution in [0.5, 0.6) is 11.5 Å². The van der Waals surface area contributed by atoms with E-state index in [9.17, 15) is 4.39 Å². The third-order valence-electron chi connectivity index (χ3n) is 4.75. The molecule has 3 aromatic carbocycles. The molecular weight excluding hydrogens is 395 g/mol. The van der Waals surface area contributed by atoms with E-state index in [0.717, 1.165) is 22.0 Å². The van der Waals surface area contributed by atoms with Crippen molar-refractivity contribution in [2.24, 2.45) is 10.7 Å². The third-order valence-corrected chi connectivity index (χ3v) is 4.75. The van der Waals surface area contributed by atoms with Crippen molar-refractivity contribution in [3.8, 4) is 22.8 Å². The number of methoxy groups -OCH3 is 2. The number of fused-ring (bicyclic) bond motifs is 1. The highest BCUT2D eigenvalue weighted by atomic mass is 19.1. The lowest BCUT2D eigenvalue weighted by Crippen LogP contribution is -2.06. The Morgan fingerprint density at radius 2 is 1.77 bits per heavy atom. The maximum absolute atomic E-state index is 13.4. The number of benzene rings is 3. The van der Waals surface area contributed by atoms with Gasteiger partial charge in [-0.15, -0.1) is 0 Å². The third kappa shape index (κ3) is 4.56. The van der Waals surface area contributed by atoms with Gasteiger partial charge < -0.3 is 20.2 Å². The minimum absolute atomic E-state index is 0.249. The summed E-state index contributed by atoms with van der Waals surface area (Å²) < 4.78 is 23.9. The Hall–Kier alpha value is -4.13. The molecule has 0 spiro atoms. The van der Waals surface area contributed by atoms with Crippen LogP contribution in [0.15, 0.2) is 71.9 Å². The van der Waals surface area contributed by atoms with Crippen molar-refractivity contribution in [1.29, 1.82) is 0 Å². The van der Waals surface area contributed by atoms with E-state index in [0.29, 0.717) is 28.8 Å². The van der Waals surface area contributed by atoms with E-state index >= 15 is 0 Å². The van der Waals surface area contributed by atoms with Crippen LogP contribution in [-0.2, 0) is 0 Å². The molecule has 0 aliphatic heterocycles. The molecule has 0 saturated heterocycles. The SMILES string of the molecule is COc1ccc(N=C(N)/C=C\c2ncc(-c3ccc4cc(F)ccc4c3)[nH]2)cc1OC. The first-order chi connectivity index (χ1) is 15.1. The maximum Gasteiger partial charge on any atom is 0.162 e. The van der Waals surface area contributed by atoms with Gasteiger partial charge in [0.25, 0.3) is 0 Å². The Balaban J connectivity index is 1.52. The maximum atomic E-state index is 13.4. The lowest BCUT2D eigenvalue weighted by atomic mass is 10.1. The number of aromatic amines is 1. The number of aromatic nitrogens is 2. The van der Waals surface area contributed by atoms with Gasteiger partial charge in [0, 0.05) is 11.6 Å². The molecular formula is C24H21FN4O2. The van der Waals surface area contributed by atoms with Crippen LogP contribution in [0.2, 0.25) is 0 Å². The molecule has 7 heteroatoms. The van der Waals surface area contributed by atoms with Gasteiger partial charge in [0.1, 0.15) is 17.5 Å². The van der Waals surface area contributed by atoms with E-state index < -0.39 is 0 Å². The Labute approximate surface area is 178 Å². The number of H-pyrrole nitrogens is 1. The molecule has 0 unspecified atom stereocenters. The summed E-state index contributed by atoms with van der Waals surface area (Å²) in [5.74, 6) is 1.91. The highest BCUT2D eigenvalue weighted by Gasteiger charge is 2.05. The lowest BCUT2D eigenvalue weighted by molar-refractivity contribution is 0.355. The Bertz CT molecular complexity index is 1290. The monoisotopic (exact) mass is 416 g/mol. The van der Waals surface area contributed by atoms with Crippen molar-refractivity contribution in [2.75, 3.05) is 14.2 Å². The van der Waals surface area contributed by atoms with Crippen molar-refractivity contribution in [2.45, 2.75) is 0 Å². The molecule has 1 aromatic heterocycles. The van der Waals surface area contributed by atoms with Gasteiger partial charge in [0.15, 0.2) is 11.5 Å². The van der Waals surface area contributed by atoms with Gasteiger partial charge >= 0.3 is 0 Å². The van der Waals surface area contributed by atoms with Crippen molar-refractivity contribution in [1.82, 2.24) is 9.97 Å². The Morgan fingerprint density at radius 1 is 1.00 bits per heavy atom. The van der Waals surface area contributed by atoms with Gasteiger partial charge in [-0.2, -0.15) is 0 Å². The fourth-order valence-corrected chi connectivity index (χ4v) is 3.20. The van der Waals surface area contributed by atoms with Crippen LogP contribution in [0.25, 0.3) is 28.1 Å². The topological polar surface area (TPSA) is 85.5 Å². The van der Waals surface area contributed by atoms with Crippen LogP contribution < -0.4 is 15.2 Å². The summed E-state index contributed by atoms with van der Waals surface area (Å²) in [6, 6.07) is 15.8. The summed E-state index contributed by atoms with van der Waals surface area (Å²) in [6.07, 6.45) is 5.16. The number of halogens is 1. The van der Waals surface area contributed by atoms with Crippen molar-refractivity contribution >= 4 is 28.4 Å². The highest BCUT2D eigenvalue weighted by molar-refractivity contribution is 5.96. The van der Waals surface area contributed by atoms with Crippen LogP contribution in [0.4, 0.5) is 10.1 Å². The molecule has 156 valence electrons. The summed E-state index contributed by atoms with van der Waals surface area (Å²) in [7, 11) is 3.14. The normalized spacial score (nSPS) is 11.9. The van der Waals surface area contributed by atoms with Crippen LogP contribution in [-0.4, -0.2) is 30.0 Å². The Kier molecular flexibility index (Phi) is 5.66. The molecule has 0 atom stereocenters. The lowest BCUT2D eigenvalue weighted by Gasteiger charge is -2.07. The molecule has 31 heavy (non-hydrogen) atoms. The second-order valence-corrected chi connectivity index (χ2v) is 6.80. The van der Waals surface area contributed by atoms with Crippen molar-refractivity contribution in [3.63, 3.8) is 0 Å². The smallest absolute Gasteiger partial charge is 0.162 e. The van der Waals surface area contributed by atoms with Gasteiger partial charge in [-0.1, -0.05) is 18.2 Å².